The number of hydrogen-bond donors (Lipinski definition) is 3. The van der Waals surface area contributed by atoms with Crippen molar-refractivity contribution >= 4 is 11.6 Å². The van der Waals surface area contributed by atoms with Crippen LogP contribution in [0.2, 0.25) is 0 Å². The van der Waals surface area contributed by atoms with Crippen LogP contribution in [0.3, 0.4) is 0 Å². The molecule has 0 amide bonds. The molecule has 0 saturated heterocycles. The molecular formula is C8H10N4O2. The monoisotopic (exact) mass is 194 g/mol. The second-order valence-corrected chi connectivity index (χ2v) is 2.80. The lowest BCUT2D eigenvalue weighted by molar-refractivity contribution is 0.0277. The van der Waals surface area contributed by atoms with Crippen LogP contribution in [0.25, 0.3) is 4.85 Å². The highest BCUT2D eigenvalue weighted by Crippen LogP contribution is 2.20. The van der Waals surface area contributed by atoms with Crippen molar-refractivity contribution in [1.29, 1.82) is 0 Å². The van der Waals surface area contributed by atoms with Crippen molar-refractivity contribution < 1.29 is 10.2 Å². The summed E-state index contributed by atoms with van der Waals surface area (Å²) >= 11 is 0. The molecule has 0 saturated carbocycles. The fourth-order valence-corrected chi connectivity index (χ4v) is 0.874. The lowest BCUT2D eigenvalue weighted by Crippen LogP contribution is -2.15. The molecule has 0 aliphatic heterocycles. The van der Waals surface area contributed by atoms with Gasteiger partial charge in [0.15, 0.2) is 5.69 Å². The van der Waals surface area contributed by atoms with E-state index in [0.29, 0.717) is 0 Å². The molecule has 1 heterocycles. The molecule has 0 radical (unpaired) electrons. The second kappa shape index (κ2) is 4.00. The van der Waals surface area contributed by atoms with E-state index in [4.69, 9.17) is 17.4 Å². The predicted octanol–water partition coefficient (Wildman–Crippen LogP) is 0.0238. The van der Waals surface area contributed by atoms with E-state index in [-0.39, 0.29) is 17.3 Å². The molecule has 0 spiro atoms. The van der Waals surface area contributed by atoms with Gasteiger partial charge in [-0.2, -0.15) is 0 Å². The van der Waals surface area contributed by atoms with Gasteiger partial charge in [0.2, 0.25) is 0 Å². The third-order valence-corrected chi connectivity index (χ3v) is 1.67. The minimum absolute atomic E-state index is 0.0153. The largest absolute Gasteiger partial charge is 0.391 e. The summed E-state index contributed by atoms with van der Waals surface area (Å²) in [6, 6.07) is 0. The maximum absolute atomic E-state index is 9.41. The van der Waals surface area contributed by atoms with Crippen LogP contribution in [-0.4, -0.2) is 26.3 Å². The highest BCUT2D eigenvalue weighted by atomic mass is 16.3. The van der Waals surface area contributed by atoms with Gasteiger partial charge >= 0.3 is 5.82 Å². The van der Waals surface area contributed by atoms with Gasteiger partial charge < -0.3 is 20.8 Å². The van der Waals surface area contributed by atoms with E-state index in [1.54, 1.807) is 0 Å². The third kappa shape index (κ3) is 1.96. The van der Waals surface area contributed by atoms with Crippen molar-refractivity contribution in [1.82, 2.24) is 9.97 Å². The average molecular weight is 194 g/mol. The molecule has 1 aromatic rings. The van der Waals surface area contributed by atoms with Crippen LogP contribution in [0.4, 0.5) is 11.6 Å². The first-order chi connectivity index (χ1) is 6.56. The van der Waals surface area contributed by atoms with E-state index in [9.17, 15) is 5.11 Å². The van der Waals surface area contributed by atoms with Crippen LogP contribution in [0.15, 0.2) is 6.20 Å². The van der Waals surface area contributed by atoms with E-state index in [1.807, 2.05) is 0 Å². The number of nitrogens with two attached hydrogens (primary N) is 1. The minimum Gasteiger partial charge on any atom is -0.391 e. The summed E-state index contributed by atoms with van der Waals surface area (Å²) in [4.78, 5) is 10.5. The molecule has 2 atom stereocenters. The highest BCUT2D eigenvalue weighted by Gasteiger charge is 2.20. The first kappa shape index (κ1) is 10.4. The molecule has 14 heavy (non-hydrogen) atoms. The number of aromatic nitrogens is 2. The van der Waals surface area contributed by atoms with Crippen molar-refractivity contribution in [3.05, 3.63) is 23.3 Å². The number of nitrogen functional groups attached to an aromatic ring is 1. The van der Waals surface area contributed by atoms with Crippen LogP contribution in [0.5, 0.6) is 0 Å². The average Bonchev–Trinajstić information content (AvgIpc) is 2.17. The smallest absolute Gasteiger partial charge is 0.312 e. The maximum atomic E-state index is 9.41. The van der Waals surface area contributed by atoms with Crippen molar-refractivity contribution in [2.45, 2.75) is 19.1 Å². The van der Waals surface area contributed by atoms with Crippen LogP contribution < -0.4 is 5.73 Å². The van der Waals surface area contributed by atoms with Gasteiger partial charge in [-0.25, -0.2) is 4.98 Å². The molecule has 0 aliphatic rings. The Morgan fingerprint density at radius 1 is 1.57 bits per heavy atom. The molecule has 6 nitrogen and oxygen atoms in total. The first-order valence-electron chi connectivity index (χ1n) is 3.92. The van der Waals surface area contributed by atoms with Crippen molar-refractivity contribution in [2.75, 3.05) is 5.73 Å². The van der Waals surface area contributed by atoms with Crippen LogP contribution in [0, 0.1) is 6.57 Å². The Morgan fingerprint density at radius 3 is 2.71 bits per heavy atom. The number of nitrogens with zero attached hydrogens (tertiary/aromatic N) is 3. The lowest BCUT2D eigenvalue weighted by atomic mass is 10.2. The number of aliphatic hydroxyl groups is 2. The molecular weight excluding hydrogens is 184 g/mol. The summed E-state index contributed by atoms with van der Waals surface area (Å²) in [6.07, 6.45) is -0.878. The summed E-state index contributed by atoms with van der Waals surface area (Å²) < 4.78 is 0. The molecule has 74 valence electrons. The zero-order valence-corrected chi connectivity index (χ0v) is 7.55. The summed E-state index contributed by atoms with van der Waals surface area (Å²) in [5.74, 6) is -0.0521. The molecule has 6 heteroatoms. The standard InChI is InChI=1S/C8H10N4O2/c1-4(13)6(14)5-3-11-7(9)8(10-2)12-5/h3-4,6,13-14H,1H3,(H2,9,11)/t4-,6+/m0/s1. The van der Waals surface area contributed by atoms with Gasteiger partial charge in [-0.15, -0.1) is 4.98 Å². The van der Waals surface area contributed by atoms with Crippen molar-refractivity contribution in [2.24, 2.45) is 0 Å². The van der Waals surface area contributed by atoms with E-state index in [2.05, 4.69) is 14.8 Å². The summed E-state index contributed by atoms with van der Waals surface area (Å²) in [7, 11) is 0. The van der Waals surface area contributed by atoms with Crippen LogP contribution in [-0.2, 0) is 0 Å². The highest BCUT2D eigenvalue weighted by molar-refractivity contribution is 5.56. The van der Waals surface area contributed by atoms with E-state index in [0.717, 1.165) is 0 Å². The fraction of sp³-hybridized carbons (Fsp3) is 0.375. The van der Waals surface area contributed by atoms with Gasteiger partial charge in [-0.1, -0.05) is 6.57 Å². The van der Waals surface area contributed by atoms with E-state index < -0.39 is 12.2 Å². The zero-order valence-electron chi connectivity index (χ0n) is 7.55. The summed E-state index contributed by atoms with van der Waals surface area (Å²) in [6.45, 7) is 8.14. The minimum atomic E-state index is -1.15. The topological polar surface area (TPSA) is 96.6 Å². The Kier molecular flexibility index (Phi) is 2.96. The number of hydrogen-bond acceptors (Lipinski definition) is 5. The van der Waals surface area contributed by atoms with E-state index >= 15 is 0 Å². The van der Waals surface area contributed by atoms with E-state index in [1.165, 1.54) is 13.1 Å². The maximum Gasteiger partial charge on any atom is 0.312 e. The Hall–Kier alpha value is -1.71. The molecule has 0 unspecified atom stereocenters. The lowest BCUT2D eigenvalue weighted by Gasteiger charge is -2.09. The molecule has 1 aromatic heterocycles. The molecule has 4 N–H and O–H groups in total. The summed E-state index contributed by atoms with van der Waals surface area (Å²) in [5, 5.41) is 18.5. The molecule has 0 aromatic carbocycles. The van der Waals surface area contributed by atoms with Gasteiger partial charge in [0, 0.05) is 0 Å². The number of aliphatic hydroxyl groups excluding tert-OH is 2. The van der Waals surface area contributed by atoms with Crippen LogP contribution >= 0.6 is 0 Å². The van der Waals surface area contributed by atoms with Gasteiger partial charge in [0.05, 0.1) is 12.3 Å². The van der Waals surface area contributed by atoms with Gasteiger partial charge in [0.1, 0.15) is 11.9 Å². The van der Waals surface area contributed by atoms with Gasteiger partial charge in [0.25, 0.3) is 0 Å². The molecule has 0 fully saturated rings. The normalized spacial score (nSPS) is 14.4. The SMILES string of the molecule is [C-]#[N+]c1nc([C@H](O)[C@H](C)O)cnc1N. The first-order valence-corrected chi connectivity index (χ1v) is 3.92. The number of rotatable bonds is 2. The van der Waals surface area contributed by atoms with Crippen molar-refractivity contribution in [3.63, 3.8) is 0 Å². The van der Waals surface area contributed by atoms with Gasteiger partial charge in [-0.05, 0) is 6.92 Å². The second-order valence-electron chi connectivity index (χ2n) is 2.80. The quantitative estimate of drug-likeness (QED) is 0.577. The summed E-state index contributed by atoms with van der Waals surface area (Å²) in [5.41, 5.74) is 5.48. The molecule has 0 bridgehead atoms. The van der Waals surface area contributed by atoms with Gasteiger partial charge in [-0.3, -0.25) is 0 Å². The van der Waals surface area contributed by atoms with Crippen LogP contribution in [0.1, 0.15) is 18.7 Å². The number of anilines is 1. The Balaban J connectivity index is 3.08. The Bertz CT molecular complexity index is 372. The zero-order chi connectivity index (χ0) is 10.7. The molecule has 0 aliphatic carbocycles. The predicted molar refractivity (Wildman–Crippen MR) is 49.3 cm³/mol. The third-order valence-electron chi connectivity index (χ3n) is 1.67. The fourth-order valence-electron chi connectivity index (χ4n) is 0.874. The molecule has 1 rings (SSSR count). The Morgan fingerprint density at radius 2 is 2.21 bits per heavy atom. The Labute approximate surface area is 80.9 Å². The van der Waals surface area contributed by atoms with Crippen molar-refractivity contribution in [3.8, 4) is 0 Å².